The molecule has 120 valence electrons. The molecule has 0 aliphatic carbocycles. The van der Waals surface area contributed by atoms with Crippen molar-refractivity contribution in [2.45, 2.75) is 19.4 Å². The third-order valence-electron chi connectivity index (χ3n) is 4.34. The van der Waals surface area contributed by atoms with Gasteiger partial charge in [0.1, 0.15) is 0 Å². The summed E-state index contributed by atoms with van der Waals surface area (Å²) in [6.07, 6.45) is 1.00. The van der Waals surface area contributed by atoms with Crippen LogP contribution < -0.4 is 10.2 Å². The summed E-state index contributed by atoms with van der Waals surface area (Å²) in [4.78, 5) is 17.2. The molecule has 0 bridgehead atoms. The summed E-state index contributed by atoms with van der Waals surface area (Å²) in [6.45, 7) is 5.16. The van der Waals surface area contributed by atoms with E-state index in [-0.39, 0.29) is 12.1 Å². The first kappa shape index (κ1) is 15.6. The third-order valence-corrected chi connectivity index (χ3v) is 4.34. The van der Waals surface area contributed by atoms with Gasteiger partial charge in [0, 0.05) is 24.5 Å². The first-order chi connectivity index (χ1) is 11.3. The number of para-hydroxylation sites is 2. The zero-order chi connectivity index (χ0) is 16.1. The van der Waals surface area contributed by atoms with Crippen molar-refractivity contribution >= 4 is 17.4 Å². The van der Waals surface area contributed by atoms with Crippen molar-refractivity contribution in [3.63, 3.8) is 0 Å². The summed E-state index contributed by atoms with van der Waals surface area (Å²) in [5.74, 6) is 0. The van der Waals surface area contributed by atoms with Gasteiger partial charge in [-0.15, -0.1) is 0 Å². The van der Waals surface area contributed by atoms with E-state index < -0.39 is 0 Å². The van der Waals surface area contributed by atoms with E-state index in [1.807, 2.05) is 65.6 Å². The van der Waals surface area contributed by atoms with E-state index in [4.69, 9.17) is 0 Å². The van der Waals surface area contributed by atoms with Crippen molar-refractivity contribution in [1.82, 2.24) is 4.90 Å². The molecule has 23 heavy (non-hydrogen) atoms. The second kappa shape index (κ2) is 7.29. The van der Waals surface area contributed by atoms with Crippen LogP contribution in [0.2, 0.25) is 0 Å². The highest BCUT2D eigenvalue weighted by Crippen LogP contribution is 2.24. The Hall–Kier alpha value is -2.33. The number of nitrogens with one attached hydrogen (secondary N) is 1. The molecular formula is C19H23N3O. The molecule has 0 radical (unpaired) electrons. The van der Waals surface area contributed by atoms with Crippen LogP contribution in [0.5, 0.6) is 0 Å². The average molecular weight is 309 g/mol. The number of likely N-dealkylation sites (tertiary alicyclic amines) is 1. The first-order valence-electron chi connectivity index (χ1n) is 8.20. The number of benzene rings is 2. The van der Waals surface area contributed by atoms with Gasteiger partial charge in [-0.25, -0.2) is 4.79 Å². The van der Waals surface area contributed by atoms with Gasteiger partial charge in [-0.2, -0.15) is 0 Å². The monoisotopic (exact) mass is 309 g/mol. The van der Waals surface area contributed by atoms with E-state index in [1.54, 1.807) is 0 Å². The van der Waals surface area contributed by atoms with E-state index in [0.29, 0.717) is 0 Å². The fourth-order valence-corrected chi connectivity index (χ4v) is 3.10. The van der Waals surface area contributed by atoms with Crippen LogP contribution in [0.25, 0.3) is 0 Å². The van der Waals surface area contributed by atoms with E-state index in [1.165, 1.54) is 0 Å². The summed E-state index contributed by atoms with van der Waals surface area (Å²) >= 11 is 0. The third kappa shape index (κ3) is 3.71. The number of carbonyl (C=O) groups excluding carboxylic acids is 1. The van der Waals surface area contributed by atoms with Crippen LogP contribution in [0.4, 0.5) is 16.2 Å². The van der Waals surface area contributed by atoms with Gasteiger partial charge >= 0.3 is 6.03 Å². The Morgan fingerprint density at radius 1 is 1.13 bits per heavy atom. The van der Waals surface area contributed by atoms with Crippen LogP contribution in [-0.2, 0) is 0 Å². The van der Waals surface area contributed by atoms with Crippen LogP contribution in [-0.4, -0.2) is 36.6 Å². The number of rotatable bonds is 4. The smallest absolute Gasteiger partial charge is 0.308 e. The largest absolute Gasteiger partial charge is 0.326 e. The van der Waals surface area contributed by atoms with Crippen LogP contribution in [0.1, 0.15) is 13.3 Å². The van der Waals surface area contributed by atoms with Gasteiger partial charge in [-0.1, -0.05) is 43.3 Å². The number of hydrogen-bond acceptors (Lipinski definition) is 2. The number of anilines is 2. The number of likely N-dealkylation sites (N-methyl/N-ethyl adjacent to an activating group) is 1. The lowest BCUT2D eigenvalue weighted by molar-refractivity contribution is 0.254. The predicted octanol–water partition coefficient (Wildman–Crippen LogP) is 3.82. The molecule has 1 unspecified atom stereocenters. The molecule has 2 aromatic carbocycles. The molecule has 1 saturated heterocycles. The molecule has 1 N–H and O–H groups in total. The number of carbonyl (C=O) groups is 1. The normalized spacial score (nSPS) is 17.9. The highest BCUT2D eigenvalue weighted by Gasteiger charge is 2.31. The van der Waals surface area contributed by atoms with Gasteiger partial charge < -0.3 is 10.2 Å². The summed E-state index contributed by atoms with van der Waals surface area (Å²) in [7, 11) is 0. The second-order valence-corrected chi connectivity index (χ2v) is 5.84. The molecule has 1 aliphatic rings. The Bertz CT molecular complexity index is 630. The Labute approximate surface area is 137 Å². The van der Waals surface area contributed by atoms with Gasteiger partial charge in [0.2, 0.25) is 0 Å². The zero-order valence-electron chi connectivity index (χ0n) is 13.5. The Balaban J connectivity index is 1.82. The molecule has 4 nitrogen and oxygen atoms in total. The molecule has 3 rings (SSSR count). The molecular weight excluding hydrogens is 286 g/mol. The van der Waals surface area contributed by atoms with Gasteiger partial charge in [0.15, 0.2) is 0 Å². The van der Waals surface area contributed by atoms with Gasteiger partial charge in [-0.3, -0.25) is 4.90 Å². The van der Waals surface area contributed by atoms with Gasteiger partial charge in [0.25, 0.3) is 0 Å². The van der Waals surface area contributed by atoms with Gasteiger partial charge in [-0.05, 0) is 37.2 Å². The van der Waals surface area contributed by atoms with Gasteiger partial charge in [0.05, 0.1) is 6.04 Å². The lowest BCUT2D eigenvalue weighted by Crippen LogP contribution is -2.44. The number of urea groups is 1. The summed E-state index contributed by atoms with van der Waals surface area (Å²) in [5, 5.41) is 3.02. The SMILES string of the molecule is CCN1CCC(N(C(=O)Nc2ccccc2)c2ccccc2)C1. The number of nitrogens with zero attached hydrogens (tertiary/aromatic N) is 2. The molecule has 4 heteroatoms. The highest BCUT2D eigenvalue weighted by molar-refractivity contribution is 6.02. The summed E-state index contributed by atoms with van der Waals surface area (Å²) in [6, 6.07) is 19.7. The minimum atomic E-state index is -0.0645. The number of amides is 2. The van der Waals surface area contributed by atoms with Crippen LogP contribution in [0, 0.1) is 0 Å². The fraction of sp³-hybridized carbons (Fsp3) is 0.316. The molecule has 1 aliphatic heterocycles. The second-order valence-electron chi connectivity index (χ2n) is 5.84. The number of hydrogen-bond donors (Lipinski definition) is 1. The molecule has 2 aromatic rings. The zero-order valence-corrected chi connectivity index (χ0v) is 13.5. The Morgan fingerprint density at radius 3 is 2.39 bits per heavy atom. The Kier molecular flexibility index (Phi) is 4.93. The van der Waals surface area contributed by atoms with Crippen molar-refractivity contribution in [2.75, 3.05) is 29.9 Å². The fourth-order valence-electron chi connectivity index (χ4n) is 3.10. The molecule has 1 fully saturated rings. The topological polar surface area (TPSA) is 35.6 Å². The predicted molar refractivity (Wildman–Crippen MR) is 94.9 cm³/mol. The van der Waals surface area contributed by atoms with Crippen molar-refractivity contribution < 1.29 is 4.79 Å². The van der Waals surface area contributed by atoms with Crippen LogP contribution in [0.15, 0.2) is 60.7 Å². The van der Waals surface area contributed by atoms with E-state index >= 15 is 0 Å². The molecule has 2 amide bonds. The molecule has 0 spiro atoms. The quantitative estimate of drug-likeness (QED) is 0.932. The summed E-state index contributed by atoms with van der Waals surface area (Å²) < 4.78 is 0. The van der Waals surface area contributed by atoms with Crippen molar-refractivity contribution in [1.29, 1.82) is 0 Å². The molecule has 1 heterocycles. The maximum Gasteiger partial charge on any atom is 0.326 e. The molecule has 1 atom stereocenters. The summed E-state index contributed by atoms with van der Waals surface area (Å²) in [5.41, 5.74) is 1.77. The minimum absolute atomic E-state index is 0.0645. The minimum Gasteiger partial charge on any atom is -0.308 e. The standard InChI is InChI=1S/C19H23N3O/c1-2-21-14-13-18(15-21)22(17-11-7-4-8-12-17)19(23)20-16-9-5-3-6-10-16/h3-12,18H,2,13-15H2,1H3,(H,20,23). The highest BCUT2D eigenvalue weighted by atomic mass is 16.2. The Morgan fingerprint density at radius 2 is 1.78 bits per heavy atom. The van der Waals surface area contributed by atoms with Crippen molar-refractivity contribution in [3.8, 4) is 0 Å². The molecule has 0 aromatic heterocycles. The molecule has 0 saturated carbocycles. The maximum absolute atomic E-state index is 12.9. The van der Waals surface area contributed by atoms with Crippen molar-refractivity contribution in [2.24, 2.45) is 0 Å². The van der Waals surface area contributed by atoms with E-state index in [0.717, 1.165) is 37.4 Å². The first-order valence-corrected chi connectivity index (χ1v) is 8.20. The lowest BCUT2D eigenvalue weighted by atomic mass is 10.2. The lowest BCUT2D eigenvalue weighted by Gasteiger charge is -2.29. The average Bonchev–Trinajstić information content (AvgIpc) is 3.05. The van der Waals surface area contributed by atoms with Crippen LogP contribution in [0.3, 0.4) is 0 Å². The van der Waals surface area contributed by atoms with E-state index in [9.17, 15) is 4.79 Å². The van der Waals surface area contributed by atoms with Crippen LogP contribution >= 0.6 is 0 Å². The van der Waals surface area contributed by atoms with E-state index in [2.05, 4.69) is 17.1 Å². The van der Waals surface area contributed by atoms with Crippen molar-refractivity contribution in [3.05, 3.63) is 60.7 Å². The maximum atomic E-state index is 12.9.